The smallest absolute Gasteiger partial charge is 0.130 e. The summed E-state index contributed by atoms with van der Waals surface area (Å²) in [5.74, 6) is 0.839. The largest absolute Gasteiger partial charge is 0.491 e. The Bertz CT molecular complexity index is 432. The molecular formula is C14H18N2O. The van der Waals surface area contributed by atoms with Crippen molar-refractivity contribution in [3.05, 3.63) is 29.3 Å². The molecule has 90 valence electrons. The van der Waals surface area contributed by atoms with E-state index in [0.717, 1.165) is 5.75 Å². The van der Waals surface area contributed by atoms with E-state index in [1.54, 1.807) is 0 Å². The summed E-state index contributed by atoms with van der Waals surface area (Å²) in [5, 5.41) is 12.2. The van der Waals surface area contributed by atoms with Crippen LogP contribution in [0.3, 0.4) is 0 Å². The maximum Gasteiger partial charge on any atom is 0.130 e. The van der Waals surface area contributed by atoms with Gasteiger partial charge in [-0.25, -0.2) is 0 Å². The van der Waals surface area contributed by atoms with E-state index in [0.29, 0.717) is 12.6 Å². The molecular weight excluding hydrogens is 212 g/mol. The van der Waals surface area contributed by atoms with Gasteiger partial charge in [-0.1, -0.05) is 6.07 Å². The summed E-state index contributed by atoms with van der Waals surface area (Å²) in [4.78, 5) is 0. The predicted molar refractivity (Wildman–Crippen MR) is 67.0 cm³/mol. The number of rotatable bonds is 5. The van der Waals surface area contributed by atoms with E-state index in [9.17, 15) is 0 Å². The molecule has 1 N–H and O–H groups in total. The Balaban J connectivity index is 1.87. The molecule has 1 atom stereocenters. The molecule has 1 aromatic rings. The van der Waals surface area contributed by atoms with Crippen molar-refractivity contribution in [1.29, 1.82) is 5.26 Å². The van der Waals surface area contributed by atoms with Gasteiger partial charge in [0.05, 0.1) is 6.07 Å². The van der Waals surface area contributed by atoms with Gasteiger partial charge >= 0.3 is 0 Å². The molecule has 1 aliphatic rings. The third kappa shape index (κ3) is 3.47. The first kappa shape index (κ1) is 11.9. The Kier molecular flexibility index (Phi) is 3.65. The quantitative estimate of drug-likeness (QED) is 0.844. The lowest BCUT2D eigenvalue weighted by molar-refractivity contribution is 0.288. The second-order valence-electron chi connectivity index (χ2n) is 4.68. The van der Waals surface area contributed by atoms with Crippen molar-refractivity contribution >= 4 is 0 Å². The summed E-state index contributed by atoms with van der Waals surface area (Å²) in [6.07, 6.45) is 2.36. The van der Waals surface area contributed by atoms with Crippen LogP contribution >= 0.6 is 0 Å². The molecule has 0 bridgehead atoms. The Morgan fingerprint density at radius 2 is 2.18 bits per heavy atom. The minimum absolute atomic E-state index is 0.205. The number of hydrogen-bond acceptors (Lipinski definition) is 3. The van der Waals surface area contributed by atoms with Gasteiger partial charge in [0.2, 0.25) is 0 Å². The van der Waals surface area contributed by atoms with E-state index in [-0.39, 0.29) is 6.04 Å². The zero-order chi connectivity index (χ0) is 12.3. The third-order valence-corrected chi connectivity index (χ3v) is 3.07. The number of nitrogens with one attached hydrogen (secondary N) is 1. The normalized spacial score (nSPS) is 16.3. The zero-order valence-electron chi connectivity index (χ0n) is 10.4. The lowest BCUT2D eigenvalue weighted by atomic mass is 10.1. The molecule has 1 aliphatic carbocycles. The van der Waals surface area contributed by atoms with Gasteiger partial charge in [0.1, 0.15) is 18.4 Å². The average molecular weight is 230 g/mol. The van der Waals surface area contributed by atoms with Crippen LogP contribution in [0.4, 0.5) is 0 Å². The molecule has 0 amide bonds. The van der Waals surface area contributed by atoms with Crippen LogP contribution in [0.15, 0.2) is 18.2 Å². The highest BCUT2D eigenvalue weighted by Crippen LogP contribution is 2.20. The molecule has 1 unspecified atom stereocenters. The summed E-state index contributed by atoms with van der Waals surface area (Å²) in [6, 6.07) is 8.57. The minimum atomic E-state index is -0.205. The first-order valence-electron chi connectivity index (χ1n) is 6.05. The summed E-state index contributed by atoms with van der Waals surface area (Å²) in [5.41, 5.74) is 2.47. The van der Waals surface area contributed by atoms with E-state index >= 15 is 0 Å². The van der Waals surface area contributed by atoms with Crippen LogP contribution in [0.5, 0.6) is 5.75 Å². The second-order valence-corrected chi connectivity index (χ2v) is 4.68. The van der Waals surface area contributed by atoms with Gasteiger partial charge < -0.3 is 4.74 Å². The highest BCUT2D eigenvalue weighted by Gasteiger charge is 2.24. The first-order chi connectivity index (χ1) is 8.19. The van der Waals surface area contributed by atoms with Crippen molar-refractivity contribution in [3.8, 4) is 11.8 Å². The highest BCUT2D eigenvalue weighted by molar-refractivity contribution is 5.33. The Morgan fingerprint density at radius 1 is 1.41 bits per heavy atom. The van der Waals surface area contributed by atoms with Gasteiger partial charge in [0, 0.05) is 6.04 Å². The van der Waals surface area contributed by atoms with Crippen molar-refractivity contribution in [2.75, 3.05) is 6.61 Å². The van der Waals surface area contributed by atoms with Gasteiger partial charge in [0.15, 0.2) is 0 Å². The number of nitrogens with zero attached hydrogens (tertiary/aromatic N) is 1. The molecule has 0 aromatic heterocycles. The Hall–Kier alpha value is -1.53. The molecule has 1 fully saturated rings. The fourth-order valence-electron chi connectivity index (χ4n) is 1.64. The minimum Gasteiger partial charge on any atom is -0.491 e. The fraction of sp³-hybridized carbons (Fsp3) is 0.500. The van der Waals surface area contributed by atoms with Crippen LogP contribution in [0.25, 0.3) is 0 Å². The van der Waals surface area contributed by atoms with Crippen molar-refractivity contribution in [2.45, 2.75) is 38.8 Å². The topological polar surface area (TPSA) is 45.0 Å². The molecule has 1 saturated carbocycles. The Morgan fingerprint density at radius 3 is 2.76 bits per heavy atom. The molecule has 2 rings (SSSR count). The molecule has 3 heteroatoms. The first-order valence-corrected chi connectivity index (χ1v) is 6.05. The standard InChI is InChI=1S/C14H18N2O/c1-10-3-6-14(7-11(10)2)17-9-13(8-15)16-12-4-5-12/h3,6-7,12-13,16H,4-5,9H2,1-2H3. The monoisotopic (exact) mass is 230 g/mol. The molecule has 0 aliphatic heterocycles. The third-order valence-electron chi connectivity index (χ3n) is 3.07. The fourth-order valence-corrected chi connectivity index (χ4v) is 1.64. The van der Waals surface area contributed by atoms with E-state index in [4.69, 9.17) is 10.00 Å². The van der Waals surface area contributed by atoms with Gasteiger partial charge in [0.25, 0.3) is 0 Å². The van der Waals surface area contributed by atoms with E-state index in [2.05, 4.69) is 25.2 Å². The summed E-state index contributed by atoms with van der Waals surface area (Å²) in [6.45, 7) is 4.55. The summed E-state index contributed by atoms with van der Waals surface area (Å²) in [7, 11) is 0. The Labute approximate surface area is 102 Å². The zero-order valence-corrected chi connectivity index (χ0v) is 10.4. The van der Waals surface area contributed by atoms with Crippen molar-refractivity contribution in [1.82, 2.24) is 5.32 Å². The van der Waals surface area contributed by atoms with Gasteiger partial charge in [-0.05, 0) is 49.9 Å². The number of aryl methyl sites for hydroxylation is 2. The lowest BCUT2D eigenvalue weighted by Gasteiger charge is -2.13. The molecule has 3 nitrogen and oxygen atoms in total. The highest BCUT2D eigenvalue weighted by atomic mass is 16.5. The van der Waals surface area contributed by atoms with E-state index in [1.165, 1.54) is 24.0 Å². The van der Waals surface area contributed by atoms with Crippen molar-refractivity contribution in [2.24, 2.45) is 0 Å². The van der Waals surface area contributed by atoms with Gasteiger partial charge in [-0.3, -0.25) is 5.32 Å². The van der Waals surface area contributed by atoms with Crippen LogP contribution < -0.4 is 10.1 Å². The maximum atomic E-state index is 8.99. The van der Waals surface area contributed by atoms with Crippen LogP contribution in [0, 0.1) is 25.2 Å². The summed E-state index contributed by atoms with van der Waals surface area (Å²) >= 11 is 0. The maximum absolute atomic E-state index is 8.99. The van der Waals surface area contributed by atoms with E-state index in [1.807, 2.05) is 18.2 Å². The molecule has 17 heavy (non-hydrogen) atoms. The SMILES string of the molecule is Cc1ccc(OCC(C#N)NC2CC2)cc1C. The predicted octanol–water partition coefficient (Wildman–Crippen LogP) is 2.33. The van der Waals surface area contributed by atoms with Crippen LogP contribution in [0.1, 0.15) is 24.0 Å². The van der Waals surface area contributed by atoms with E-state index < -0.39 is 0 Å². The number of nitriles is 1. The molecule has 0 heterocycles. The number of ether oxygens (including phenoxy) is 1. The van der Waals surface area contributed by atoms with Crippen molar-refractivity contribution in [3.63, 3.8) is 0 Å². The van der Waals surface area contributed by atoms with Crippen LogP contribution in [0.2, 0.25) is 0 Å². The average Bonchev–Trinajstić information content (AvgIpc) is 3.12. The molecule has 0 spiro atoms. The molecule has 0 saturated heterocycles. The van der Waals surface area contributed by atoms with Crippen molar-refractivity contribution < 1.29 is 4.74 Å². The van der Waals surface area contributed by atoms with Gasteiger partial charge in [-0.2, -0.15) is 5.26 Å². The van der Waals surface area contributed by atoms with Crippen LogP contribution in [-0.4, -0.2) is 18.7 Å². The second kappa shape index (κ2) is 5.20. The molecule has 1 aromatic carbocycles. The number of hydrogen-bond donors (Lipinski definition) is 1. The molecule has 0 radical (unpaired) electrons. The van der Waals surface area contributed by atoms with Crippen LogP contribution in [-0.2, 0) is 0 Å². The number of benzene rings is 1. The summed E-state index contributed by atoms with van der Waals surface area (Å²) < 4.78 is 5.64. The van der Waals surface area contributed by atoms with Gasteiger partial charge in [-0.15, -0.1) is 0 Å². The lowest BCUT2D eigenvalue weighted by Crippen LogP contribution is -2.34.